The van der Waals surface area contributed by atoms with Crippen LogP contribution in [0.1, 0.15) is 20.8 Å². The van der Waals surface area contributed by atoms with E-state index < -0.39 is 29.9 Å². The number of hydrogen-bond donors (Lipinski definition) is 4. The summed E-state index contributed by atoms with van der Waals surface area (Å²) in [6, 6.07) is 0. The molecule has 6 heteroatoms. The maximum Gasteiger partial charge on any atom is 0.132 e. The minimum atomic E-state index is -1.29. The van der Waals surface area contributed by atoms with Crippen LogP contribution < -0.4 is 0 Å². The zero-order valence-corrected chi connectivity index (χ0v) is 10.5. The lowest BCUT2D eigenvalue weighted by molar-refractivity contribution is -0.205. The zero-order chi connectivity index (χ0) is 12.5. The molecule has 0 spiro atoms. The summed E-state index contributed by atoms with van der Waals surface area (Å²) in [6.45, 7) is 5.49. The second-order valence-corrected chi connectivity index (χ2v) is 6.85. The van der Waals surface area contributed by atoms with Crippen molar-refractivity contribution in [3.8, 4) is 0 Å². The standard InChI is InChI=1S/C10H20O5S/c1-10(2,3)16-9-8(14)7(13)6(12)5(4-11)15-9/h5-9,11-14H,4H2,1-3H3/t5-,6+,7+,8-,9+/m1/s1. The van der Waals surface area contributed by atoms with Crippen molar-refractivity contribution in [2.24, 2.45) is 0 Å². The SMILES string of the molecule is CC(C)(C)S[C@@H]1O[C@H](CO)[C@H](O)[C@H](O)[C@H]1O. The number of hydrogen-bond acceptors (Lipinski definition) is 6. The quantitative estimate of drug-likeness (QED) is 0.520. The molecule has 0 aromatic carbocycles. The molecule has 0 aliphatic carbocycles. The fourth-order valence-corrected chi connectivity index (χ4v) is 2.71. The lowest BCUT2D eigenvalue weighted by Gasteiger charge is -2.41. The van der Waals surface area contributed by atoms with Gasteiger partial charge in [-0.05, 0) is 0 Å². The monoisotopic (exact) mass is 252 g/mol. The Morgan fingerprint density at radius 3 is 2.06 bits per heavy atom. The smallest absolute Gasteiger partial charge is 0.132 e. The van der Waals surface area contributed by atoms with E-state index in [4.69, 9.17) is 9.84 Å². The van der Waals surface area contributed by atoms with Crippen LogP contribution in [0.2, 0.25) is 0 Å². The van der Waals surface area contributed by atoms with Crippen LogP contribution in [0.3, 0.4) is 0 Å². The molecule has 0 unspecified atom stereocenters. The van der Waals surface area contributed by atoms with Crippen LogP contribution in [0.5, 0.6) is 0 Å². The van der Waals surface area contributed by atoms with Gasteiger partial charge in [-0.2, -0.15) is 0 Å². The fraction of sp³-hybridized carbons (Fsp3) is 1.00. The average molecular weight is 252 g/mol. The first-order valence-corrected chi connectivity index (χ1v) is 6.12. The minimum absolute atomic E-state index is 0.145. The minimum Gasteiger partial charge on any atom is -0.394 e. The molecule has 96 valence electrons. The highest BCUT2D eigenvalue weighted by atomic mass is 32.2. The second-order valence-electron chi connectivity index (χ2n) is 4.93. The summed E-state index contributed by atoms with van der Waals surface area (Å²) in [5.41, 5.74) is -0.643. The van der Waals surface area contributed by atoms with Gasteiger partial charge in [-0.1, -0.05) is 20.8 Å². The molecule has 1 saturated heterocycles. The largest absolute Gasteiger partial charge is 0.394 e. The third-order valence-electron chi connectivity index (χ3n) is 2.32. The van der Waals surface area contributed by atoms with Gasteiger partial charge >= 0.3 is 0 Å². The summed E-state index contributed by atoms with van der Waals surface area (Å²) in [5, 5.41) is 37.9. The van der Waals surface area contributed by atoms with Gasteiger partial charge < -0.3 is 25.2 Å². The predicted octanol–water partition coefficient (Wildman–Crippen LogP) is -0.682. The normalized spacial score (nSPS) is 41.1. The molecular weight excluding hydrogens is 232 g/mol. The van der Waals surface area contributed by atoms with Gasteiger partial charge in [-0.3, -0.25) is 0 Å². The molecule has 0 aromatic rings. The molecule has 5 nitrogen and oxygen atoms in total. The predicted molar refractivity (Wildman–Crippen MR) is 61.1 cm³/mol. The first-order valence-electron chi connectivity index (χ1n) is 5.24. The summed E-state index contributed by atoms with van der Waals surface area (Å²) in [5.74, 6) is 0. The summed E-state index contributed by atoms with van der Waals surface area (Å²) in [4.78, 5) is 0. The number of rotatable bonds is 2. The third kappa shape index (κ3) is 3.32. The van der Waals surface area contributed by atoms with Crippen molar-refractivity contribution >= 4 is 11.8 Å². The molecule has 0 amide bonds. The molecule has 0 saturated carbocycles. The van der Waals surface area contributed by atoms with Crippen molar-refractivity contribution in [3.63, 3.8) is 0 Å². The van der Waals surface area contributed by atoms with E-state index in [1.807, 2.05) is 20.8 Å². The van der Waals surface area contributed by atoms with E-state index in [-0.39, 0.29) is 11.4 Å². The van der Waals surface area contributed by atoms with Gasteiger partial charge in [0, 0.05) is 4.75 Å². The van der Waals surface area contributed by atoms with E-state index in [0.717, 1.165) is 0 Å². The summed E-state index contributed by atoms with van der Waals surface area (Å²) in [7, 11) is 0. The Balaban J connectivity index is 2.71. The Bertz CT molecular complexity index is 228. The van der Waals surface area contributed by atoms with Crippen molar-refractivity contribution < 1.29 is 25.2 Å². The van der Waals surface area contributed by atoms with Crippen molar-refractivity contribution in [1.29, 1.82) is 0 Å². The first-order chi connectivity index (χ1) is 7.26. The Labute approximate surface area is 99.4 Å². The molecule has 0 radical (unpaired) electrons. The highest BCUT2D eigenvalue weighted by Crippen LogP contribution is 2.35. The molecule has 1 heterocycles. The van der Waals surface area contributed by atoms with Gasteiger partial charge in [-0.15, -0.1) is 11.8 Å². The molecule has 16 heavy (non-hydrogen) atoms. The highest BCUT2D eigenvalue weighted by Gasteiger charge is 2.44. The Kier molecular flexibility index (Phi) is 4.62. The number of thioether (sulfide) groups is 1. The van der Waals surface area contributed by atoms with Crippen LogP contribution in [0, 0.1) is 0 Å². The maximum absolute atomic E-state index is 9.75. The molecule has 1 aliphatic heterocycles. The molecular formula is C10H20O5S. The topological polar surface area (TPSA) is 90.2 Å². The van der Waals surface area contributed by atoms with Crippen molar-refractivity contribution in [2.75, 3.05) is 6.61 Å². The highest BCUT2D eigenvalue weighted by molar-refractivity contribution is 8.01. The molecule has 1 fully saturated rings. The second kappa shape index (κ2) is 5.20. The van der Waals surface area contributed by atoms with Gasteiger partial charge in [0.1, 0.15) is 29.9 Å². The van der Waals surface area contributed by atoms with Gasteiger partial charge in [0.15, 0.2) is 0 Å². The van der Waals surface area contributed by atoms with Gasteiger partial charge in [0.2, 0.25) is 0 Å². The van der Waals surface area contributed by atoms with E-state index in [0.29, 0.717) is 0 Å². The van der Waals surface area contributed by atoms with Crippen LogP contribution in [-0.2, 0) is 4.74 Å². The average Bonchev–Trinajstić information content (AvgIpc) is 2.17. The van der Waals surface area contributed by atoms with E-state index >= 15 is 0 Å². The lowest BCUT2D eigenvalue weighted by atomic mass is 10.0. The summed E-state index contributed by atoms with van der Waals surface area (Å²) >= 11 is 1.36. The number of ether oxygens (including phenoxy) is 1. The molecule has 5 atom stereocenters. The summed E-state index contributed by atoms with van der Waals surface area (Å²) < 4.78 is 5.21. The van der Waals surface area contributed by atoms with E-state index in [2.05, 4.69) is 0 Å². The Morgan fingerprint density at radius 1 is 1.06 bits per heavy atom. The molecule has 1 aliphatic rings. The number of aliphatic hydroxyl groups excluding tert-OH is 4. The maximum atomic E-state index is 9.75. The molecule has 0 bridgehead atoms. The van der Waals surface area contributed by atoms with Crippen LogP contribution in [0.4, 0.5) is 0 Å². The molecule has 4 N–H and O–H groups in total. The Morgan fingerprint density at radius 2 is 1.62 bits per heavy atom. The van der Waals surface area contributed by atoms with Gasteiger partial charge in [-0.25, -0.2) is 0 Å². The first kappa shape index (κ1) is 14.2. The van der Waals surface area contributed by atoms with Crippen LogP contribution in [0.25, 0.3) is 0 Å². The van der Waals surface area contributed by atoms with Gasteiger partial charge in [0.25, 0.3) is 0 Å². The lowest BCUT2D eigenvalue weighted by Crippen LogP contribution is -2.58. The van der Waals surface area contributed by atoms with Crippen molar-refractivity contribution in [1.82, 2.24) is 0 Å². The van der Waals surface area contributed by atoms with Crippen molar-refractivity contribution in [3.05, 3.63) is 0 Å². The van der Waals surface area contributed by atoms with Crippen LogP contribution >= 0.6 is 11.8 Å². The zero-order valence-electron chi connectivity index (χ0n) is 9.70. The van der Waals surface area contributed by atoms with Gasteiger partial charge in [0.05, 0.1) is 6.61 Å². The van der Waals surface area contributed by atoms with Crippen LogP contribution in [-0.4, -0.2) is 61.6 Å². The number of aliphatic hydroxyl groups is 4. The fourth-order valence-electron chi connectivity index (χ4n) is 1.51. The molecule has 0 aromatic heterocycles. The van der Waals surface area contributed by atoms with E-state index in [9.17, 15) is 15.3 Å². The van der Waals surface area contributed by atoms with Crippen LogP contribution in [0.15, 0.2) is 0 Å². The van der Waals surface area contributed by atoms with E-state index in [1.54, 1.807) is 0 Å². The van der Waals surface area contributed by atoms with E-state index in [1.165, 1.54) is 11.8 Å². The van der Waals surface area contributed by atoms with Crippen molar-refractivity contribution in [2.45, 2.75) is 55.4 Å². The Hall–Kier alpha value is 0.150. The third-order valence-corrected chi connectivity index (χ3v) is 3.65. The summed E-state index contributed by atoms with van der Waals surface area (Å²) in [6.07, 6.45) is -4.54. The molecule has 1 rings (SSSR count).